The van der Waals surface area contributed by atoms with Crippen LogP contribution in [0.2, 0.25) is 0 Å². The molecule has 16 heavy (non-hydrogen) atoms. The summed E-state index contributed by atoms with van der Waals surface area (Å²) in [6.07, 6.45) is -0.0120. The fourth-order valence-electron chi connectivity index (χ4n) is 3.22. The first-order chi connectivity index (χ1) is 7.65. The van der Waals surface area contributed by atoms with E-state index in [1.807, 2.05) is 0 Å². The Bertz CT molecular complexity index is 213. The zero-order valence-corrected chi connectivity index (χ0v) is 9.86. The minimum Gasteiger partial charge on any atom is -0.381 e. The van der Waals surface area contributed by atoms with Crippen LogP contribution < -0.4 is 0 Å². The van der Waals surface area contributed by atoms with Gasteiger partial charge in [0.2, 0.25) is 0 Å². The van der Waals surface area contributed by atoms with Crippen LogP contribution in [0.15, 0.2) is 0 Å². The van der Waals surface area contributed by atoms with Crippen LogP contribution in [-0.4, -0.2) is 38.8 Å². The molecule has 2 fully saturated rings. The maximum Gasteiger partial charge on any atom is 0.106 e. The predicted octanol–water partition coefficient (Wildman–Crippen LogP) is 2.51. The Kier molecular flexibility index (Phi) is 3.80. The van der Waals surface area contributed by atoms with Gasteiger partial charge in [0.05, 0.1) is 12.2 Å². The van der Waals surface area contributed by atoms with E-state index in [2.05, 4.69) is 0 Å². The minimum absolute atomic E-state index is 0.117. The maximum absolute atomic E-state index is 13.9. The normalized spacial score (nSPS) is 48.8. The molecule has 0 aromatic rings. The third kappa shape index (κ3) is 2.23. The number of fused-ring (bicyclic) bond motifs is 1. The molecule has 2 nitrogen and oxygen atoms in total. The predicted molar refractivity (Wildman–Crippen MR) is 56.8 cm³/mol. The van der Waals surface area contributed by atoms with Gasteiger partial charge in [0, 0.05) is 27.1 Å². The molecule has 0 radical (unpaired) electrons. The summed E-state index contributed by atoms with van der Waals surface area (Å²) >= 11 is 0. The van der Waals surface area contributed by atoms with Crippen molar-refractivity contribution in [3.63, 3.8) is 0 Å². The van der Waals surface area contributed by atoms with E-state index in [-0.39, 0.29) is 24.0 Å². The Morgan fingerprint density at radius 2 is 1.12 bits per heavy atom. The number of rotatable bonds is 2. The summed E-state index contributed by atoms with van der Waals surface area (Å²) in [5, 5.41) is 0. The second-order valence-electron chi connectivity index (χ2n) is 5.02. The van der Waals surface area contributed by atoms with Crippen LogP contribution in [0.1, 0.15) is 25.7 Å². The first-order valence-corrected chi connectivity index (χ1v) is 5.99. The summed E-state index contributed by atoms with van der Waals surface area (Å²) in [4.78, 5) is 0. The van der Waals surface area contributed by atoms with Gasteiger partial charge in [0.1, 0.15) is 12.3 Å². The summed E-state index contributed by atoms with van der Waals surface area (Å²) in [7, 11) is 3.15. The van der Waals surface area contributed by atoms with E-state index < -0.39 is 12.3 Å². The van der Waals surface area contributed by atoms with Crippen LogP contribution in [0.3, 0.4) is 0 Å². The van der Waals surface area contributed by atoms with Gasteiger partial charge in [-0.15, -0.1) is 0 Å². The minimum atomic E-state index is -0.945. The van der Waals surface area contributed by atoms with E-state index in [9.17, 15) is 8.78 Å². The lowest BCUT2D eigenvalue weighted by atomic mass is 9.67. The monoisotopic (exact) mass is 234 g/mol. The molecule has 0 aromatic carbocycles. The highest BCUT2D eigenvalue weighted by Gasteiger charge is 2.46. The SMILES string of the molecule is COC1CC(F)C2CC(OC)CC(F)C2C1. The molecular weight excluding hydrogens is 214 g/mol. The van der Waals surface area contributed by atoms with E-state index in [4.69, 9.17) is 9.47 Å². The Morgan fingerprint density at radius 1 is 0.750 bits per heavy atom. The maximum atomic E-state index is 13.9. The summed E-state index contributed by atoms with van der Waals surface area (Å²) in [6.45, 7) is 0. The van der Waals surface area contributed by atoms with E-state index in [0.717, 1.165) is 0 Å². The summed E-state index contributed by atoms with van der Waals surface area (Å²) in [5.41, 5.74) is 0. The van der Waals surface area contributed by atoms with Gasteiger partial charge >= 0.3 is 0 Å². The molecule has 2 aliphatic rings. The zero-order valence-electron chi connectivity index (χ0n) is 9.86. The smallest absolute Gasteiger partial charge is 0.106 e. The number of hydrogen-bond acceptors (Lipinski definition) is 2. The molecule has 6 unspecified atom stereocenters. The molecule has 0 amide bonds. The quantitative estimate of drug-likeness (QED) is 0.731. The number of hydrogen-bond donors (Lipinski definition) is 0. The summed E-state index contributed by atoms with van der Waals surface area (Å²) in [5.74, 6) is -0.361. The number of halogens is 2. The van der Waals surface area contributed by atoms with Gasteiger partial charge in [-0.25, -0.2) is 8.78 Å². The summed E-state index contributed by atoms with van der Waals surface area (Å²) in [6, 6.07) is 0. The Labute approximate surface area is 95.3 Å². The largest absolute Gasteiger partial charge is 0.381 e. The molecule has 2 saturated carbocycles. The van der Waals surface area contributed by atoms with E-state index in [1.165, 1.54) is 0 Å². The first kappa shape index (κ1) is 12.2. The fourth-order valence-corrected chi connectivity index (χ4v) is 3.22. The molecule has 0 heterocycles. The van der Waals surface area contributed by atoms with E-state index in [1.54, 1.807) is 14.2 Å². The van der Waals surface area contributed by atoms with Crippen LogP contribution in [0.25, 0.3) is 0 Å². The van der Waals surface area contributed by atoms with Crippen LogP contribution in [0.5, 0.6) is 0 Å². The average Bonchev–Trinajstić information content (AvgIpc) is 2.29. The highest BCUT2D eigenvalue weighted by molar-refractivity contribution is 4.95. The van der Waals surface area contributed by atoms with Crippen molar-refractivity contribution < 1.29 is 18.3 Å². The molecule has 0 N–H and O–H groups in total. The third-order valence-corrected chi connectivity index (χ3v) is 4.19. The van der Waals surface area contributed by atoms with Gasteiger partial charge in [-0.2, -0.15) is 0 Å². The van der Waals surface area contributed by atoms with Crippen molar-refractivity contribution in [3.8, 4) is 0 Å². The lowest BCUT2D eigenvalue weighted by Gasteiger charge is -2.44. The highest BCUT2D eigenvalue weighted by atomic mass is 19.1. The molecule has 0 aromatic heterocycles. The van der Waals surface area contributed by atoms with Crippen molar-refractivity contribution in [1.82, 2.24) is 0 Å². The second-order valence-corrected chi connectivity index (χ2v) is 5.02. The highest BCUT2D eigenvalue weighted by Crippen LogP contribution is 2.44. The fraction of sp³-hybridized carbons (Fsp3) is 1.00. The molecular formula is C12H20F2O2. The van der Waals surface area contributed by atoms with Gasteiger partial charge in [-0.05, 0) is 24.7 Å². The molecule has 0 saturated heterocycles. The number of ether oxygens (including phenoxy) is 2. The van der Waals surface area contributed by atoms with Crippen LogP contribution in [0, 0.1) is 11.8 Å². The Hall–Kier alpha value is -0.220. The van der Waals surface area contributed by atoms with Crippen molar-refractivity contribution in [2.45, 2.75) is 50.2 Å². The molecule has 2 aliphatic carbocycles. The molecule has 0 bridgehead atoms. The third-order valence-electron chi connectivity index (χ3n) is 4.19. The van der Waals surface area contributed by atoms with E-state index in [0.29, 0.717) is 25.7 Å². The molecule has 94 valence electrons. The number of alkyl halides is 2. The van der Waals surface area contributed by atoms with Gasteiger partial charge in [-0.1, -0.05) is 0 Å². The lowest BCUT2D eigenvalue weighted by molar-refractivity contribution is -0.0921. The molecule has 6 atom stereocenters. The van der Waals surface area contributed by atoms with Gasteiger partial charge in [-0.3, -0.25) is 0 Å². The zero-order chi connectivity index (χ0) is 11.7. The first-order valence-electron chi connectivity index (χ1n) is 5.99. The van der Waals surface area contributed by atoms with Crippen molar-refractivity contribution in [2.24, 2.45) is 11.8 Å². The van der Waals surface area contributed by atoms with Crippen molar-refractivity contribution >= 4 is 0 Å². The van der Waals surface area contributed by atoms with E-state index >= 15 is 0 Å². The molecule has 4 heteroatoms. The topological polar surface area (TPSA) is 18.5 Å². The van der Waals surface area contributed by atoms with Crippen molar-refractivity contribution in [1.29, 1.82) is 0 Å². The van der Waals surface area contributed by atoms with Crippen molar-refractivity contribution in [3.05, 3.63) is 0 Å². The molecule has 2 rings (SSSR count). The summed E-state index contributed by atoms with van der Waals surface area (Å²) < 4.78 is 38.2. The molecule has 0 aliphatic heterocycles. The standard InChI is InChI=1S/C12H20F2O2/c1-15-7-3-9-10(11(13)5-7)4-8(16-2)6-12(9)14/h7-12H,3-6H2,1-2H3. The number of methoxy groups -OCH3 is 2. The van der Waals surface area contributed by atoms with Crippen LogP contribution in [-0.2, 0) is 9.47 Å². The Balaban J connectivity index is 2.06. The van der Waals surface area contributed by atoms with Gasteiger partial charge in [0.25, 0.3) is 0 Å². The van der Waals surface area contributed by atoms with Crippen molar-refractivity contribution in [2.75, 3.05) is 14.2 Å². The average molecular weight is 234 g/mol. The second kappa shape index (κ2) is 4.96. The lowest BCUT2D eigenvalue weighted by Crippen LogP contribution is -2.47. The van der Waals surface area contributed by atoms with Gasteiger partial charge < -0.3 is 9.47 Å². The molecule has 0 spiro atoms. The van der Waals surface area contributed by atoms with Gasteiger partial charge in [0.15, 0.2) is 0 Å². The Morgan fingerprint density at radius 3 is 1.44 bits per heavy atom. The van der Waals surface area contributed by atoms with Crippen LogP contribution >= 0.6 is 0 Å². The van der Waals surface area contributed by atoms with Crippen LogP contribution in [0.4, 0.5) is 8.78 Å².